The van der Waals surface area contributed by atoms with E-state index in [0.29, 0.717) is 5.19 Å². The van der Waals surface area contributed by atoms with E-state index < -0.39 is 51.5 Å². The summed E-state index contributed by atoms with van der Waals surface area (Å²) < 4.78 is 67.7. The van der Waals surface area contributed by atoms with Crippen LogP contribution in [-0.2, 0) is 29.1 Å². The van der Waals surface area contributed by atoms with Gasteiger partial charge in [-0.05, 0) is 43.3 Å². The molecule has 0 saturated heterocycles. The Labute approximate surface area is 313 Å². The average molecular weight is 786 g/mol. The van der Waals surface area contributed by atoms with Gasteiger partial charge >= 0.3 is 12.0 Å². The van der Waals surface area contributed by atoms with Crippen molar-refractivity contribution in [3.05, 3.63) is 84.7 Å². The number of urea groups is 1. The second-order valence-corrected chi connectivity index (χ2v) is 13.4. The number of rotatable bonds is 14. The molecule has 0 bridgehead atoms. The first-order valence-electron chi connectivity index (χ1n) is 15.7. The van der Waals surface area contributed by atoms with Gasteiger partial charge < -0.3 is 28.6 Å². The van der Waals surface area contributed by atoms with Gasteiger partial charge in [0.1, 0.15) is 23.4 Å². The summed E-state index contributed by atoms with van der Waals surface area (Å²) in [4.78, 5) is 53.1. The fourth-order valence-corrected chi connectivity index (χ4v) is 6.33. The van der Waals surface area contributed by atoms with Crippen molar-refractivity contribution in [3.63, 3.8) is 0 Å². The molecule has 17 nitrogen and oxygen atoms in total. The zero-order valence-electron chi connectivity index (χ0n) is 29.6. The van der Waals surface area contributed by atoms with Crippen molar-refractivity contribution < 1.29 is 50.9 Å². The lowest BCUT2D eigenvalue weighted by Gasteiger charge is -2.21. The van der Waals surface area contributed by atoms with Crippen LogP contribution in [0.25, 0.3) is 10.2 Å². The maximum atomic E-state index is 14.2. The number of methoxy groups -OCH3 is 3. The van der Waals surface area contributed by atoms with Crippen LogP contribution in [0.4, 0.5) is 20.8 Å². The lowest BCUT2D eigenvalue weighted by atomic mass is 10.1. The summed E-state index contributed by atoms with van der Waals surface area (Å²) >= 11 is 1.44. The summed E-state index contributed by atoms with van der Waals surface area (Å²) in [7, 11) is 1.01. The molecule has 0 spiro atoms. The number of aromatic nitrogens is 4. The molecule has 3 heterocycles. The van der Waals surface area contributed by atoms with Gasteiger partial charge in [0, 0.05) is 26.0 Å². The molecule has 286 valence electrons. The molecule has 2 N–H and O–H groups in total. The minimum atomic E-state index is -4.60. The number of nitrogens with one attached hydrogen (secondary N) is 2. The van der Waals surface area contributed by atoms with Crippen molar-refractivity contribution in [1.82, 2.24) is 24.7 Å². The smallest absolute Gasteiger partial charge is 0.335 e. The SMILES string of the molecule is CN(C(=O)COc1nc2ccccc2s1)c1ccccc1.COCC(=O)OC(c1ncccc1S(=O)(=O)NC(=O)Nc1nc(OC)cc(OC)n1)C(C)F. The summed E-state index contributed by atoms with van der Waals surface area (Å²) in [5.74, 6) is -1.26. The van der Waals surface area contributed by atoms with Crippen LogP contribution >= 0.6 is 11.3 Å². The van der Waals surface area contributed by atoms with Crippen LogP contribution in [0, 0.1) is 0 Å². The number of halogens is 1. The molecule has 0 radical (unpaired) electrons. The zero-order chi connectivity index (χ0) is 39.3. The Morgan fingerprint density at radius 2 is 1.57 bits per heavy atom. The van der Waals surface area contributed by atoms with Crippen LogP contribution in [0.2, 0.25) is 0 Å². The normalized spacial score (nSPS) is 12.0. The molecule has 0 aliphatic rings. The van der Waals surface area contributed by atoms with Crippen LogP contribution in [-0.4, -0.2) is 94.0 Å². The van der Waals surface area contributed by atoms with Crippen molar-refractivity contribution in [3.8, 4) is 17.0 Å². The highest BCUT2D eigenvalue weighted by atomic mass is 32.2. The van der Waals surface area contributed by atoms with Crippen molar-refractivity contribution in [2.45, 2.75) is 24.1 Å². The van der Waals surface area contributed by atoms with E-state index in [0.717, 1.165) is 28.9 Å². The zero-order valence-corrected chi connectivity index (χ0v) is 31.2. The number of carbonyl (C=O) groups is 3. The number of hydrogen-bond acceptors (Lipinski definition) is 15. The van der Waals surface area contributed by atoms with Crippen LogP contribution in [0.5, 0.6) is 17.0 Å². The molecule has 2 atom stereocenters. The van der Waals surface area contributed by atoms with E-state index in [1.165, 1.54) is 51.0 Å². The van der Waals surface area contributed by atoms with Crippen LogP contribution in [0.1, 0.15) is 18.7 Å². The minimum Gasteiger partial charge on any atom is -0.481 e. The third kappa shape index (κ3) is 11.3. The van der Waals surface area contributed by atoms with Crippen molar-refractivity contribution in [1.29, 1.82) is 0 Å². The maximum Gasteiger partial charge on any atom is 0.335 e. The molecule has 0 saturated carbocycles. The van der Waals surface area contributed by atoms with Gasteiger partial charge in [-0.1, -0.05) is 41.7 Å². The molecule has 0 aliphatic heterocycles. The van der Waals surface area contributed by atoms with Gasteiger partial charge in [0.05, 0.1) is 30.5 Å². The van der Waals surface area contributed by atoms with E-state index in [1.807, 2.05) is 54.6 Å². The van der Waals surface area contributed by atoms with E-state index in [4.69, 9.17) is 18.9 Å². The number of nitrogens with zero attached hydrogens (tertiary/aromatic N) is 5. The third-order valence-corrected chi connectivity index (χ3v) is 9.28. The number of anilines is 2. The Morgan fingerprint density at radius 1 is 0.907 bits per heavy atom. The van der Waals surface area contributed by atoms with E-state index >= 15 is 0 Å². The molecule has 5 aromatic rings. The van der Waals surface area contributed by atoms with E-state index in [1.54, 1.807) is 16.7 Å². The molecule has 3 amide bonds. The number of amides is 3. The summed E-state index contributed by atoms with van der Waals surface area (Å²) in [5, 5.41) is 2.65. The van der Waals surface area contributed by atoms with E-state index in [9.17, 15) is 27.2 Å². The minimum absolute atomic E-state index is 0.0226. The number of esters is 1. The lowest BCUT2D eigenvalue weighted by Crippen LogP contribution is -2.36. The molecule has 2 aromatic carbocycles. The number of benzene rings is 2. The molecule has 2 unspecified atom stereocenters. The first-order valence-corrected chi connectivity index (χ1v) is 18.0. The highest BCUT2D eigenvalue weighted by molar-refractivity contribution is 7.90. The van der Waals surface area contributed by atoms with Gasteiger partial charge in [-0.2, -0.15) is 9.97 Å². The highest BCUT2D eigenvalue weighted by Crippen LogP contribution is 2.29. The number of sulfonamides is 1. The van der Waals surface area contributed by atoms with Gasteiger partial charge in [-0.15, -0.1) is 0 Å². The molecule has 20 heteroatoms. The quantitative estimate of drug-likeness (QED) is 0.150. The van der Waals surface area contributed by atoms with E-state index in [2.05, 4.69) is 30.0 Å². The molecule has 0 fully saturated rings. The topological polar surface area (TPSA) is 210 Å². The number of pyridine rings is 1. The van der Waals surface area contributed by atoms with Gasteiger partial charge in [0.15, 0.2) is 12.7 Å². The summed E-state index contributed by atoms with van der Waals surface area (Å²) in [6.45, 7) is 0.553. The Bertz CT molecular complexity index is 2100. The number of hydrogen-bond donors (Lipinski definition) is 2. The van der Waals surface area contributed by atoms with E-state index in [-0.39, 0.29) is 30.2 Å². The number of ether oxygens (including phenoxy) is 5. The molecular weight excluding hydrogens is 750 g/mol. The summed E-state index contributed by atoms with van der Waals surface area (Å²) in [6, 6.07) is 19.7. The number of likely N-dealkylation sites (N-methyl/N-ethyl adjacent to an activating group) is 1. The van der Waals surface area contributed by atoms with Crippen LogP contribution in [0.15, 0.2) is 83.9 Å². The average Bonchev–Trinajstić information content (AvgIpc) is 3.59. The van der Waals surface area contributed by atoms with Crippen molar-refractivity contribution >= 4 is 61.1 Å². The number of thiazole rings is 1. The van der Waals surface area contributed by atoms with Crippen molar-refractivity contribution in [2.75, 3.05) is 51.8 Å². The fourth-order valence-electron chi connectivity index (χ4n) is 4.41. The predicted molar refractivity (Wildman–Crippen MR) is 195 cm³/mol. The van der Waals surface area contributed by atoms with Gasteiger partial charge in [0.2, 0.25) is 17.7 Å². The predicted octanol–water partition coefficient (Wildman–Crippen LogP) is 4.33. The Hall–Kier alpha value is -5.99. The van der Waals surface area contributed by atoms with Gasteiger partial charge in [-0.3, -0.25) is 15.1 Å². The third-order valence-electron chi connectivity index (χ3n) is 6.96. The number of fused-ring (bicyclic) bond motifs is 1. The summed E-state index contributed by atoms with van der Waals surface area (Å²) in [6.07, 6.45) is -2.32. The fraction of sp³-hybridized carbons (Fsp3) is 0.265. The van der Waals surface area contributed by atoms with Crippen molar-refractivity contribution in [2.24, 2.45) is 0 Å². The lowest BCUT2D eigenvalue weighted by molar-refractivity contribution is -0.157. The van der Waals surface area contributed by atoms with Crippen LogP contribution < -0.4 is 29.1 Å². The monoisotopic (exact) mass is 785 g/mol. The Kier molecular flexibility index (Phi) is 14.5. The standard InChI is InChI=1S/C18H22FN5O8S.C16H14N2O2S/c1-10(19)16(32-14(25)9-29-2)15-11(6-5-7-20-15)33(27,28)24-18(26)23-17-21-12(30-3)8-13(22-17)31-4;1-18(12-7-3-2-4-8-12)15(19)11-20-16-17-13-9-5-6-10-14(13)21-16/h5-8,10,16H,9H2,1-4H3,(H2,21,22,23,24,26);2-10H,11H2,1H3. The first-order chi connectivity index (χ1) is 25.8. The maximum absolute atomic E-state index is 14.2. The molecule has 54 heavy (non-hydrogen) atoms. The molecular formula is C34H36FN7O10S2. The Morgan fingerprint density at radius 3 is 2.20 bits per heavy atom. The van der Waals surface area contributed by atoms with Gasteiger partial charge in [-0.25, -0.2) is 32.1 Å². The second kappa shape index (κ2) is 19.2. The highest BCUT2D eigenvalue weighted by Gasteiger charge is 2.32. The summed E-state index contributed by atoms with van der Waals surface area (Å²) in [5.41, 5.74) is 1.31. The number of carbonyl (C=O) groups excluding carboxylic acids is 3. The largest absolute Gasteiger partial charge is 0.481 e. The number of alkyl halides is 1. The van der Waals surface area contributed by atoms with Gasteiger partial charge in [0.25, 0.3) is 21.1 Å². The number of para-hydroxylation sites is 2. The molecule has 5 rings (SSSR count). The van der Waals surface area contributed by atoms with Crippen LogP contribution in [0.3, 0.4) is 0 Å². The molecule has 3 aromatic heterocycles. The Balaban J connectivity index is 0.000000264. The second-order valence-electron chi connectivity index (χ2n) is 10.8. The first kappa shape index (κ1) is 40.8. The molecule has 0 aliphatic carbocycles.